The highest BCUT2D eigenvalue weighted by Crippen LogP contribution is 2.43. The van der Waals surface area contributed by atoms with Gasteiger partial charge in [0.05, 0.1) is 16.7 Å². The summed E-state index contributed by atoms with van der Waals surface area (Å²) >= 11 is 0. The molecule has 2 nitrogen and oxygen atoms in total. The lowest BCUT2D eigenvalue weighted by Gasteiger charge is -2.18. The number of carboxylic acids is 1. The van der Waals surface area contributed by atoms with E-state index in [1.807, 2.05) is 0 Å². The van der Waals surface area contributed by atoms with Crippen molar-refractivity contribution in [1.82, 2.24) is 0 Å². The first kappa shape index (κ1) is 20.4. The summed E-state index contributed by atoms with van der Waals surface area (Å²) in [5.41, 5.74) is -2.78. The third-order valence-electron chi connectivity index (χ3n) is 4.29. The molecule has 0 saturated heterocycles. The largest absolute Gasteiger partial charge is 0.478 e. The normalized spacial score (nSPS) is 12.1. The molecule has 150 valence electrons. The fraction of sp³-hybridized carbons (Fsp3) is 0.0952. The number of aromatic carboxylic acids is 1. The Balaban J connectivity index is 2.21. The molecule has 8 heteroatoms. The molecule has 3 aromatic rings. The lowest BCUT2D eigenvalue weighted by molar-refractivity contribution is -0.138. The van der Waals surface area contributed by atoms with E-state index >= 15 is 0 Å². The van der Waals surface area contributed by atoms with Crippen LogP contribution in [0.5, 0.6) is 0 Å². The lowest BCUT2D eigenvalue weighted by Crippen LogP contribution is -2.10. The predicted molar refractivity (Wildman–Crippen MR) is 94.3 cm³/mol. The number of hydrogen-bond acceptors (Lipinski definition) is 1. The van der Waals surface area contributed by atoms with Crippen LogP contribution in [0, 0.1) is 0 Å². The highest BCUT2D eigenvalue weighted by Gasteiger charge is 2.37. The summed E-state index contributed by atoms with van der Waals surface area (Å²) in [5, 5.41) is 9.10. The zero-order valence-corrected chi connectivity index (χ0v) is 14.5. The minimum atomic E-state index is -4.83. The van der Waals surface area contributed by atoms with E-state index in [-0.39, 0.29) is 27.8 Å². The first-order valence-corrected chi connectivity index (χ1v) is 8.20. The number of hydrogen-bond donors (Lipinski definition) is 1. The van der Waals surface area contributed by atoms with Crippen LogP contribution in [-0.2, 0) is 12.4 Å². The molecule has 0 fully saturated rings. The Labute approximate surface area is 161 Å². The summed E-state index contributed by atoms with van der Waals surface area (Å²) in [7, 11) is 0. The molecule has 0 radical (unpaired) electrons. The molecule has 1 N–H and O–H groups in total. The minimum absolute atomic E-state index is 0.0333. The van der Waals surface area contributed by atoms with Gasteiger partial charge in [0.15, 0.2) is 0 Å². The van der Waals surface area contributed by atoms with Crippen LogP contribution in [0.3, 0.4) is 0 Å². The van der Waals surface area contributed by atoms with Crippen molar-refractivity contribution in [2.24, 2.45) is 0 Å². The van der Waals surface area contributed by atoms with Gasteiger partial charge in [0.1, 0.15) is 0 Å². The molecule has 0 heterocycles. The second-order valence-corrected chi connectivity index (χ2v) is 6.19. The second kappa shape index (κ2) is 7.27. The number of rotatable bonds is 3. The second-order valence-electron chi connectivity index (χ2n) is 6.19. The maximum atomic E-state index is 13.9. The lowest BCUT2D eigenvalue weighted by atomic mass is 9.90. The predicted octanol–water partition coefficient (Wildman–Crippen LogP) is 6.76. The van der Waals surface area contributed by atoms with E-state index in [9.17, 15) is 31.1 Å². The first-order valence-electron chi connectivity index (χ1n) is 8.20. The van der Waals surface area contributed by atoms with Gasteiger partial charge in [-0.25, -0.2) is 4.79 Å². The fourth-order valence-electron chi connectivity index (χ4n) is 3.00. The molecule has 0 aromatic heterocycles. The van der Waals surface area contributed by atoms with Crippen LogP contribution >= 0.6 is 0 Å². The maximum Gasteiger partial charge on any atom is 0.417 e. The number of alkyl halides is 6. The summed E-state index contributed by atoms with van der Waals surface area (Å²) < 4.78 is 80.0. The smallest absolute Gasteiger partial charge is 0.417 e. The van der Waals surface area contributed by atoms with E-state index in [2.05, 4.69) is 0 Å². The average molecular weight is 410 g/mol. The van der Waals surface area contributed by atoms with Gasteiger partial charge >= 0.3 is 18.3 Å². The molecule has 0 spiro atoms. The average Bonchev–Trinajstić information content (AvgIpc) is 2.66. The topological polar surface area (TPSA) is 37.3 Å². The standard InChI is InChI=1S/C21H12F6O2/c22-20(23,24)15-9-7-12(8-10-15)16-5-2-6-17(18(16)21(25,26)27)13-3-1-4-14(11-13)19(28)29/h1-11H,(H,28,29). The molecular weight excluding hydrogens is 398 g/mol. The van der Waals surface area contributed by atoms with E-state index in [0.717, 1.165) is 24.3 Å². The van der Waals surface area contributed by atoms with E-state index in [1.54, 1.807) is 0 Å². The molecule has 3 rings (SSSR count). The quantitative estimate of drug-likeness (QED) is 0.485. The van der Waals surface area contributed by atoms with E-state index in [0.29, 0.717) is 12.1 Å². The molecule has 0 aliphatic heterocycles. The van der Waals surface area contributed by atoms with Gasteiger partial charge in [-0.1, -0.05) is 42.5 Å². The van der Waals surface area contributed by atoms with Gasteiger partial charge in [-0.3, -0.25) is 0 Å². The Kier molecular flexibility index (Phi) is 5.13. The zero-order chi connectivity index (χ0) is 21.4. The monoisotopic (exact) mass is 410 g/mol. The summed E-state index contributed by atoms with van der Waals surface area (Å²) in [5.74, 6) is -1.29. The molecule has 0 bridgehead atoms. The summed E-state index contributed by atoms with van der Waals surface area (Å²) in [6, 6.07) is 12.1. The van der Waals surface area contributed by atoms with Crippen molar-refractivity contribution < 1.29 is 36.2 Å². The van der Waals surface area contributed by atoms with Crippen LogP contribution in [-0.4, -0.2) is 11.1 Å². The number of halogens is 6. The fourth-order valence-corrected chi connectivity index (χ4v) is 3.00. The Morgan fingerprint density at radius 3 is 1.76 bits per heavy atom. The van der Waals surface area contributed by atoms with Gasteiger partial charge in [0.2, 0.25) is 0 Å². The number of benzene rings is 3. The number of carboxylic acid groups (broad SMARTS) is 1. The third-order valence-corrected chi connectivity index (χ3v) is 4.29. The Bertz CT molecular complexity index is 1050. The van der Waals surface area contributed by atoms with Gasteiger partial charge in [0, 0.05) is 0 Å². The van der Waals surface area contributed by atoms with E-state index in [4.69, 9.17) is 5.11 Å². The molecule has 0 aliphatic carbocycles. The van der Waals surface area contributed by atoms with Gasteiger partial charge in [-0.15, -0.1) is 0 Å². The molecule has 0 amide bonds. The Hall–Kier alpha value is -3.29. The molecule has 0 aliphatic rings. The molecule has 0 saturated carbocycles. The summed E-state index contributed by atoms with van der Waals surface area (Å²) in [6.07, 6.45) is -9.43. The van der Waals surface area contributed by atoms with Gasteiger partial charge in [-0.05, 0) is 46.5 Å². The minimum Gasteiger partial charge on any atom is -0.478 e. The highest BCUT2D eigenvalue weighted by molar-refractivity contribution is 5.90. The van der Waals surface area contributed by atoms with Crippen molar-refractivity contribution >= 4 is 5.97 Å². The molecule has 3 aromatic carbocycles. The summed E-state index contributed by atoms with van der Waals surface area (Å²) in [6.45, 7) is 0. The van der Waals surface area contributed by atoms with Crippen LogP contribution in [0.15, 0.2) is 66.7 Å². The van der Waals surface area contributed by atoms with Gasteiger partial charge in [-0.2, -0.15) is 26.3 Å². The van der Waals surface area contributed by atoms with Gasteiger partial charge in [0.25, 0.3) is 0 Å². The van der Waals surface area contributed by atoms with Crippen molar-refractivity contribution in [1.29, 1.82) is 0 Å². The third kappa shape index (κ3) is 4.26. The van der Waals surface area contributed by atoms with Crippen molar-refractivity contribution in [3.63, 3.8) is 0 Å². The maximum absolute atomic E-state index is 13.9. The SMILES string of the molecule is O=C(O)c1cccc(-c2cccc(-c3ccc(C(F)(F)F)cc3)c2C(F)(F)F)c1. The first-order chi connectivity index (χ1) is 13.5. The van der Waals surface area contributed by atoms with Crippen LogP contribution < -0.4 is 0 Å². The highest BCUT2D eigenvalue weighted by atomic mass is 19.4. The van der Waals surface area contributed by atoms with Crippen LogP contribution in [0.4, 0.5) is 26.3 Å². The zero-order valence-electron chi connectivity index (χ0n) is 14.5. The number of carbonyl (C=O) groups is 1. The summed E-state index contributed by atoms with van der Waals surface area (Å²) in [4.78, 5) is 11.2. The molecule has 0 atom stereocenters. The van der Waals surface area contributed by atoms with E-state index < -0.39 is 29.4 Å². The van der Waals surface area contributed by atoms with Crippen molar-refractivity contribution in [2.45, 2.75) is 12.4 Å². The molecule has 29 heavy (non-hydrogen) atoms. The molecular formula is C21H12F6O2. The van der Waals surface area contributed by atoms with Crippen LogP contribution in [0.2, 0.25) is 0 Å². The van der Waals surface area contributed by atoms with Crippen LogP contribution in [0.25, 0.3) is 22.3 Å². The Morgan fingerprint density at radius 1 is 0.690 bits per heavy atom. The molecule has 0 unspecified atom stereocenters. The van der Waals surface area contributed by atoms with Crippen LogP contribution in [0.1, 0.15) is 21.5 Å². The van der Waals surface area contributed by atoms with Gasteiger partial charge < -0.3 is 5.11 Å². The Morgan fingerprint density at radius 2 is 1.24 bits per heavy atom. The van der Waals surface area contributed by atoms with Crippen molar-refractivity contribution in [3.05, 3.63) is 83.4 Å². The van der Waals surface area contributed by atoms with E-state index in [1.165, 1.54) is 30.3 Å². The van der Waals surface area contributed by atoms with Crippen molar-refractivity contribution in [3.8, 4) is 22.3 Å². The van der Waals surface area contributed by atoms with Crippen molar-refractivity contribution in [2.75, 3.05) is 0 Å².